The maximum absolute atomic E-state index is 13.0. The Labute approximate surface area is 128 Å². The van der Waals surface area contributed by atoms with Gasteiger partial charge in [-0.05, 0) is 44.3 Å². The van der Waals surface area contributed by atoms with Gasteiger partial charge in [0.2, 0.25) is 0 Å². The summed E-state index contributed by atoms with van der Waals surface area (Å²) in [5.74, 6) is -0.330. The summed E-state index contributed by atoms with van der Waals surface area (Å²) < 4.78 is 13.0. The van der Waals surface area contributed by atoms with Crippen molar-refractivity contribution in [3.63, 3.8) is 0 Å². The molecule has 116 valence electrons. The molecule has 0 aliphatic carbocycles. The second-order valence-electron chi connectivity index (χ2n) is 5.78. The largest absolute Gasteiger partial charge is 0.332 e. The summed E-state index contributed by atoms with van der Waals surface area (Å²) in [5, 5.41) is 6.97. The normalized spacial score (nSPS) is 19.4. The molecule has 3 rings (SSSR count). The number of H-pyrrole nitrogens is 1. The van der Waals surface area contributed by atoms with Crippen LogP contribution >= 0.6 is 0 Å². The third-order valence-electron chi connectivity index (χ3n) is 4.04. The zero-order chi connectivity index (χ0) is 15.7. The average Bonchev–Trinajstić information content (AvgIpc) is 2.97. The Morgan fingerprint density at radius 3 is 2.73 bits per heavy atom. The first-order valence-electron chi connectivity index (χ1n) is 7.35. The number of rotatable bonds is 2. The smallest absolute Gasteiger partial charge is 0.272 e. The van der Waals surface area contributed by atoms with Gasteiger partial charge in [-0.15, -0.1) is 0 Å². The number of hydrogen-bond acceptors (Lipinski definition) is 3. The van der Waals surface area contributed by atoms with Crippen LogP contribution in [-0.4, -0.2) is 58.6 Å². The van der Waals surface area contributed by atoms with Crippen LogP contribution in [0.1, 0.15) is 17.4 Å². The number of halogens is 1. The van der Waals surface area contributed by atoms with Crippen LogP contribution in [0.2, 0.25) is 0 Å². The van der Waals surface area contributed by atoms with E-state index in [4.69, 9.17) is 0 Å². The monoisotopic (exact) mass is 302 g/mol. The average molecular weight is 302 g/mol. The molecule has 1 fully saturated rings. The van der Waals surface area contributed by atoms with Gasteiger partial charge in [0.1, 0.15) is 11.5 Å². The molecule has 1 N–H and O–H groups in total. The molecule has 1 amide bonds. The highest BCUT2D eigenvalue weighted by Crippen LogP contribution is 2.20. The second kappa shape index (κ2) is 5.88. The van der Waals surface area contributed by atoms with E-state index in [1.54, 1.807) is 18.2 Å². The van der Waals surface area contributed by atoms with E-state index in [9.17, 15) is 9.18 Å². The summed E-state index contributed by atoms with van der Waals surface area (Å²) in [6.45, 7) is 4.49. The maximum atomic E-state index is 13.0. The number of hydrogen-bond donors (Lipinski definition) is 1. The molecule has 5 nitrogen and oxygen atoms in total. The van der Waals surface area contributed by atoms with Crippen LogP contribution in [0.25, 0.3) is 11.3 Å². The lowest BCUT2D eigenvalue weighted by molar-refractivity contribution is 0.0527. The lowest BCUT2D eigenvalue weighted by Gasteiger charge is -2.37. The van der Waals surface area contributed by atoms with E-state index in [-0.39, 0.29) is 17.8 Å². The van der Waals surface area contributed by atoms with Gasteiger partial charge in [-0.2, -0.15) is 5.10 Å². The van der Waals surface area contributed by atoms with E-state index in [0.29, 0.717) is 17.9 Å². The van der Waals surface area contributed by atoms with Gasteiger partial charge in [0.05, 0.1) is 5.69 Å². The number of likely N-dealkylation sites (N-methyl/N-ethyl adjacent to an activating group) is 1. The fourth-order valence-corrected chi connectivity index (χ4v) is 2.80. The minimum absolute atomic E-state index is 0.0403. The first kappa shape index (κ1) is 14.7. The molecule has 1 saturated heterocycles. The molecule has 0 radical (unpaired) electrons. The number of nitrogens with zero attached hydrogens (tertiary/aromatic N) is 3. The van der Waals surface area contributed by atoms with E-state index in [1.807, 2.05) is 11.8 Å². The van der Waals surface area contributed by atoms with Gasteiger partial charge in [-0.25, -0.2) is 4.39 Å². The van der Waals surface area contributed by atoms with Crippen molar-refractivity contribution in [2.24, 2.45) is 0 Å². The van der Waals surface area contributed by atoms with Crippen molar-refractivity contribution in [1.29, 1.82) is 0 Å². The lowest BCUT2D eigenvalue weighted by atomic mass is 10.1. The van der Waals surface area contributed by atoms with Crippen molar-refractivity contribution in [2.45, 2.75) is 13.0 Å². The zero-order valence-corrected chi connectivity index (χ0v) is 12.7. The Bertz CT molecular complexity index is 667. The SMILES string of the molecule is CC1CN(C)CCN1C(=O)c1cc(-c2ccc(F)cc2)n[nH]1. The number of aromatic amines is 1. The fourth-order valence-electron chi connectivity index (χ4n) is 2.80. The molecule has 1 aromatic carbocycles. The highest BCUT2D eigenvalue weighted by atomic mass is 19.1. The third-order valence-corrected chi connectivity index (χ3v) is 4.04. The molecule has 0 bridgehead atoms. The molecule has 22 heavy (non-hydrogen) atoms. The molecule has 1 aromatic heterocycles. The van der Waals surface area contributed by atoms with Gasteiger partial charge in [0, 0.05) is 31.2 Å². The van der Waals surface area contributed by atoms with Crippen molar-refractivity contribution in [2.75, 3.05) is 26.7 Å². The molecule has 1 unspecified atom stereocenters. The van der Waals surface area contributed by atoms with Crippen LogP contribution < -0.4 is 0 Å². The van der Waals surface area contributed by atoms with Gasteiger partial charge in [0.25, 0.3) is 5.91 Å². The Balaban J connectivity index is 1.78. The summed E-state index contributed by atoms with van der Waals surface area (Å²) in [6, 6.07) is 7.96. The summed E-state index contributed by atoms with van der Waals surface area (Å²) >= 11 is 0. The number of carbonyl (C=O) groups excluding carboxylic acids is 1. The number of benzene rings is 1. The Morgan fingerprint density at radius 2 is 2.05 bits per heavy atom. The Hall–Kier alpha value is -2.21. The highest BCUT2D eigenvalue weighted by Gasteiger charge is 2.27. The summed E-state index contributed by atoms with van der Waals surface area (Å²) in [5.41, 5.74) is 1.89. The minimum Gasteiger partial charge on any atom is -0.332 e. The third kappa shape index (κ3) is 2.87. The standard InChI is InChI=1S/C16H19FN4O/c1-11-10-20(2)7-8-21(11)16(22)15-9-14(18-19-15)12-3-5-13(17)6-4-12/h3-6,9,11H,7-8,10H2,1-2H3,(H,18,19). The first-order chi connectivity index (χ1) is 10.5. The molecule has 1 aliphatic heterocycles. The summed E-state index contributed by atoms with van der Waals surface area (Å²) in [4.78, 5) is 16.7. The zero-order valence-electron chi connectivity index (χ0n) is 12.7. The molecule has 1 aliphatic rings. The van der Waals surface area contributed by atoms with Crippen molar-refractivity contribution >= 4 is 5.91 Å². The van der Waals surface area contributed by atoms with Gasteiger partial charge >= 0.3 is 0 Å². The number of nitrogens with one attached hydrogen (secondary N) is 1. The van der Waals surface area contributed by atoms with Crippen LogP contribution in [0.3, 0.4) is 0 Å². The number of aromatic nitrogens is 2. The van der Waals surface area contributed by atoms with Crippen LogP contribution in [0, 0.1) is 5.82 Å². The summed E-state index contributed by atoms with van der Waals surface area (Å²) in [7, 11) is 2.06. The van der Waals surface area contributed by atoms with Crippen molar-refractivity contribution in [1.82, 2.24) is 20.0 Å². The van der Waals surface area contributed by atoms with E-state index < -0.39 is 0 Å². The quantitative estimate of drug-likeness (QED) is 0.923. The Kier molecular flexibility index (Phi) is 3.94. The molecule has 0 saturated carbocycles. The highest BCUT2D eigenvalue weighted by molar-refractivity contribution is 5.93. The summed E-state index contributed by atoms with van der Waals surface area (Å²) in [6.07, 6.45) is 0. The molecule has 0 spiro atoms. The van der Waals surface area contributed by atoms with Crippen molar-refractivity contribution in [3.05, 3.63) is 41.8 Å². The van der Waals surface area contributed by atoms with Crippen LogP contribution in [-0.2, 0) is 0 Å². The van der Waals surface area contributed by atoms with Crippen LogP contribution in [0.15, 0.2) is 30.3 Å². The first-order valence-corrected chi connectivity index (χ1v) is 7.35. The van der Waals surface area contributed by atoms with E-state index in [0.717, 1.165) is 18.7 Å². The molecular formula is C16H19FN4O. The molecule has 2 aromatic rings. The van der Waals surface area contributed by atoms with Gasteiger partial charge in [-0.3, -0.25) is 9.89 Å². The van der Waals surface area contributed by atoms with E-state index in [1.165, 1.54) is 12.1 Å². The predicted octanol–water partition coefficient (Wildman–Crippen LogP) is 1.99. The number of amides is 1. The van der Waals surface area contributed by atoms with Crippen molar-refractivity contribution in [3.8, 4) is 11.3 Å². The number of piperazine rings is 1. The van der Waals surface area contributed by atoms with Gasteiger partial charge in [-0.1, -0.05) is 0 Å². The second-order valence-corrected chi connectivity index (χ2v) is 5.78. The molecule has 2 heterocycles. The van der Waals surface area contributed by atoms with Crippen molar-refractivity contribution < 1.29 is 9.18 Å². The van der Waals surface area contributed by atoms with E-state index >= 15 is 0 Å². The molecular weight excluding hydrogens is 283 g/mol. The number of carbonyl (C=O) groups is 1. The van der Waals surface area contributed by atoms with Gasteiger partial charge < -0.3 is 9.80 Å². The van der Waals surface area contributed by atoms with Crippen LogP contribution in [0.5, 0.6) is 0 Å². The predicted molar refractivity (Wildman–Crippen MR) is 82.0 cm³/mol. The fraction of sp³-hybridized carbons (Fsp3) is 0.375. The lowest BCUT2D eigenvalue weighted by Crippen LogP contribution is -2.52. The minimum atomic E-state index is -0.290. The van der Waals surface area contributed by atoms with Crippen LogP contribution in [0.4, 0.5) is 4.39 Å². The molecule has 6 heteroatoms. The molecule has 1 atom stereocenters. The Morgan fingerprint density at radius 1 is 1.32 bits per heavy atom. The topological polar surface area (TPSA) is 52.2 Å². The maximum Gasteiger partial charge on any atom is 0.272 e. The van der Waals surface area contributed by atoms with E-state index in [2.05, 4.69) is 22.1 Å². The van der Waals surface area contributed by atoms with Gasteiger partial charge in [0.15, 0.2) is 0 Å².